The van der Waals surface area contributed by atoms with Crippen molar-refractivity contribution in [1.82, 2.24) is 14.9 Å². The molecule has 0 fully saturated rings. The van der Waals surface area contributed by atoms with Crippen LogP contribution in [0.15, 0.2) is 52.7 Å². The molecule has 0 saturated heterocycles. The molecule has 7 heteroatoms. The number of halogens is 2. The van der Waals surface area contributed by atoms with E-state index in [0.717, 1.165) is 17.0 Å². The van der Waals surface area contributed by atoms with Gasteiger partial charge in [0.25, 0.3) is 0 Å². The number of aromatic nitrogens is 3. The van der Waals surface area contributed by atoms with Crippen LogP contribution in [0.4, 0.5) is 0 Å². The third kappa shape index (κ3) is 4.42. The van der Waals surface area contributed by atoms with Gasteiger partial charge < -0.3 is 0 Å². The largest absolute Gasteiger partial charge is 0.212 e. The van der Waals surface area contributed by atoms with Gasteiger partial charge in [0, 0.05) is 15.8 Å². The van der Waals surface area contributed by atoms with Crippen LogP contribution in [0.1, 0.15) is 22.5 Å². The van der Waals surface area contributed by atoms with Gasteiger partial charge in [-0.05, 0) is 42.7 Å². The zero-order chi connectivity index (χ0) is 17.8. The molecule has 128 valence electrons. The maximum absolute atomic E-state index is 6.23. The Morgan fingerprint density at radius 1 is 1.12 bits per heavy atom. The van der Waals surface area contributed by atoms with Crippen LogP contribution >= 0.6 is 35.0 Å². The molecule has 0 N–H and O–H groups in total. The van der Waals surface area contributed by atoms with E-state index in [1.165, 1.54) is 17.3 Å². The van der Waals surface area contributed by atoms with E-state index in [-0.39, 0.29) is 0 Å². The van der Waals surface area contributed by atoms with Crippen molar-refractivity contribution in [2.45, 2.75) is 24.8 Å². The van der Waals surface area contributed by atoms with Crippen molar-refractivity contribution >= 4 is 41.2 Å². The van der Waals surface area contributed by atoms with Gasteiger partial charge in [-0.1, -0.05) is 65.3 Å². The normalized spacial score (nSPS) is 11.4. The molecule has 25 heavy (non-hydrogen) atoms. The average Bonchev–Trinajstić information content (AvgIpc) is 2.93. The summed E-state index contributed by atoms with van der Waals surface area (Å²) in [5.41, 5.74) is 3.22. The summed E-state index contributed by atoms with van der Waals surface area (Å²) in [4.78, 5) is 0. The molecular formula is C18H16Cl2N4S. The molecular weight excluding hydrogens is 375 g/mol. The Balaban J connectivity index is 1.79. The molecule has 0 radical (unpaired) electrons. The molecule has 4 nitrogen and oxygen atoms in total. The summed E-state index contributed by atoms with van der Waals surface area (Å²) in [7, 11) is 0. The summed E-state index contributed by atoms with van der Waals surface area (Å²) in [6.45, 7) is 3.93. The fraction of sp³-hybridized carbons (Fsp3) is 0.167. The second-order valence-electron chi connectivity index (χ2n) is 5.47. The third-order valence-corrected chi connectivity index (χ3v) is 5.20. The first kappa shape index (κ1) is 18.0. The van der Waals surface area contributed by atoms with E-state index in [1.54, 1.807) is 10.7 Å². The van der Waals surface area contributed by atoms with E-state index in [0.29, 0.717) is 21.0 Å². The highest BCUT2D eigenvalue weighted by atomic mass is 35.5. The molecule has 0 aliphatic rings. The minimum absolute atomic E-state index is 0.626. The number of thioether (sulfide) groups is 1. The molecule has 3 rings (SSSR count). The van der Waals surface area contributed by atoms with Gasteiger partial charge in [-0.2, -0.15) is 9.78 Å². The van der Waals surface area contributed by atoms with E-state index in [2.05, 4.69) is 28.3 Å². The first-order chi connectivity index (χ1) is 12.0. The van der Waals surface area contributed by atoms with Crippen LogP contribution in [0.3, 0.4) is 0 Å². The van der Waals surface area contributed by atoms with E-state index in [4.69, 9.17) is 23.2 Å². The van der Waals surface area contributed by atoms with Gasteiger partial charge in [-0.15, -0.1) is 10.2 Å². The molecule has 2 aromatic carbocycles. The van der Waals surface area contributed by atoms with Gasteiger partial charge >= 0.3 is 0 Å². The van der Waals surface area contributed by atoms with Crippen molar-refractivity contribution < 1.29 is 0 Å². The van der Waals surface area contributed by atoms with E-state index < -0.39 is 0 Å². The Bertz CT molecular complexity index is 921. The fourth-order valence-electron chi connectivity index (χ4n) is 2.19. The number of hydrogen-bond donors (Lipinski definition) is 0. The SMILES string of the molecule is Cc1ccccc1/C=N/n1c(C)nnc1SCc1ccc(Cl)cc1Cl. The fourth-order valence-corrected chi connectivity index (χ4v) is 3.68. The highest BCUT2D eigenvalue weighted by molar-refractivity contribution is 7.98. The average molecular weight is 391 g/mol. The number of aryl methyl sites for hydroxylation is 2. The Hall–Kier alpha value is -1.82. The quantitative estimate of drug-likeness (QED) is 0.433. The molecule has 1 aromatic heterocycles. The van der Waals surface area contributed by atoms with Gasteiger partial charge in [-0.25, -0.2) is 0 Å². The van der Waals surface area contributed by atoms with Crippen molar-refractivity contribution in [3.05, 3.63) is 75.0 Å². The Morgan fingerprint density at radius 2 is 1.92 bits per heavy atom. The van der Waals surface area contributed by atoms with Gasteiger partial charge in [0.15, 0.2) is 5.82 Å². The lowest BCUT2D eigenvalue weighted by Gasteiger charge is -2.05. The minimum Gasteiger partial charge on any atom is -0.192 e. The molecule has 0 saturated carbocycles. The van der Waals surface area contributed by atoms with Crippen molar-refractivity contribution in [1.29, 1.82) is 0 Å². The summed E-state index contributed by atoms with van der Waals surface area (Å²) < 4.78 is 1.74. The Kier molecular flexibility index (Phi) is 5.78. The lowest BCUT2D eigenvalue weighted by molar-refractivity contribution is 0.744. The summed E-state index contributed by atoms with van der Waals surface area (Å²) in [6.07, 6.45) is 1.82. The molecule has 3 aromatic rings. The lowest BCUT2D eigenvalue weighted by atomic mass is 10.1. The number of nitrogens with zero attached hydrogens (tertiary/aromatic N) is 4. The van der Waals surface area contributed by atoms with Crippen LogP contribution in [0.2, 0.25) is 10.0 Å². The molecule has 0 aliphatic carbocycles. The first-order valence-electron chi connectivity index (χ1n) is 7.63. The zero-order valence-corrected chi connectivity index (χ0v) is 16.1. The highest BCUT2D eigenvalue weighted by Gasteiger charge is 2.10. The van der Waals surface area contributed by atoms with Crippen LogP contribution in [0.25, 0.3) is 0 Å². The van der Waals surface area contributed by atoms with Crippen LogP contribution in [-0.4, -0.2) is 21.1 Å². The molecule has 1 heterocycles. The van der Waals surface area contributed by atoms with E-state index in [1.807, 2.05) is 43.5 Å². The van der Waals surface area contributed by atoms with Crippen LogP contribution < -0.4 is 0 Å². The monoisotopic (exact) mass is 390 g/mol. The van der Waals surface area contributed by atoms with Crippen molar-refractivity contribution in [2.75, 3.05) is 0 Å². The summed E-state index contributed by atoms with van der Waals surface area (Å²) in [6, 6.07) is 13.6. The van der Waals surface area contributed by atoms with Crippen molar-refractivity contribution in [3.63, 3.8) is 0 Å². The maximum Gasteiger partial charge on any atom is 0.212 e. The smallest absolute Gasteiger partial charge is 0.192 e. The van der Waals surface area contributed by atoms with Crippen LogP contribution in [-0.2, 0) is 5.75 Å². The van der Waals surface area contributed by atoms with Crippen LogP contribution in [0, 0.1) is 13.8 Å². The Morgan fingerprint density at radius 3 is 2.68 bits per heavy atom. The molecule has 0 unspecified atom stereocenters. The summed E-state index contributed by atoms with van der Waals surface area (Å²) >= 11 is 13.7. The third-order valence-electron chi connectivity index (χ3n) is 3.64. The first-order valence-corrected chi connectivity index (χ1v) is 9.37. The molecule has 0 aliphatic heterocycles. The second-order valence-corrected chi connectivity index (χ2v) is 7.25. The van der Waals surface area contributed by atoms with E-state index >= 15 is 0 Å². The summed E-state index contributed by atoms with van der Waals surface area (Å²) in [5, 5.41) is 14.9. The molecule has 0 atom stereocenters. The highest BCUT2D eigenvalue weighted by Crippen LogP contribution is 2.28. The van der Waals surface area contributed by atoms with Crippen molar-refractivity contribution in [3.8, 4) is 0 Å². The molecule has 0 amide bonds. The van der Waals surface area contributed by atoms with Gasteiger partial charge in [0.05, 0.1) is 6.21 Å². The molecule has 0 spiro atoms. The van der Waals surface area contributed by atoms with E-state index in [9.17, 15) is 0 Å². The predicted molar refractivity (Wildman–Crippen MR) is 105 cm³/mol. The number of rotatable bonds is 5. The lowest BCUT2D eigenvalue weighted by Crippen LogP contribution is -1.97. The summed E-state index contributed by atoms with van der Waals surface area (Å²) in [5.74, 6) is 1.39. The zero-order valence-electron chi connectivity index (χ0n) is 13.8. The minimum atomic E-state index is 0.626. The molecule has 0 bridgehead atoms. The van der Waals surface area contributed by atoms with Crippen LogP contribution in [0.5, 0.6) is 0 Å². The van der Waals surface area contributed by atoms with Gasteiger partial charge in [0.2, 0.25) is 5.16 Å². The number of benzene rings is 2. The van der Waals surface area contributed by atoms with Gasteiger partial charge in [0.1, 0.15) is 0 Å². The standard InChI is InChI=1S/C18H16Cl2N4S/c1-12-5-3-4-6-14(12)10-21-24-13(2)22-23-18(24)25-11-15-7-8-16(19)9-17(15)20/h3-10H,11H2,1-2H3/b21-10+. The second kappa shape index (κ2) is 8.04. The Labute approximate surface area is 160 Å². The number of hydrogen-bond acceptors (Lipinski definition) is 4. The predicted octanol–water partition coefficient (Wildman–Crippen LogP) is 5.38. The maximum atomic E-state index is 6.23. The van der Waals surface area contributed by atoms with Gasteiger partial charge in [-0.3, -0.25) is 0 Å². The van der Waals surface area contributed by atoms with Crippen molar-refractivity contribution in [2.24, 2.45) is 5.10 Å². The topological polar surface area (TPSA) is 43.1 Å².